The second-order valence-corrected chi connectivity index (χ2v) is 5.65. The van der Waals surface area contributed by atoms with Gasteiger partial charge in [-0.2, -0.15) is 5.26 Å². The molecule has 1 fully saturated rings. The number of likely N-dealkylation sites (tertiary alicyclic amines) is 1. The van der Waals surface area contributed by atoms with Gasteiger partial charge < -0.3 is 4.90 Å². The van der Waals surface area contributed by atoms with Gasteiger partial charge in [0.1, 0.15) is 6.04 Å². The Morgan fingerprint density at radius 1 is 1.50 bits per heavy atom. The largest absolute Gasteiger partial charge is 0.302 e. The van der Waals surface area contributed by atoms with Gasteiger partial charge in [0, 0.05) is 25.2 Å². The van der Waals surface area contributed by atoms with E-state index in [1.54, 1.807) is 0 Å². The SMILES string of the molecule is CCN1CCCC1CN(C)CC(C#N)NC(C)C. The smallest absolute Gasteiger partial charge is 0.108 e. The number of rotatable bonds is 7. The molecule has 1 saturated heterocycles. The average molecular weight is 252 g/mol. The van der Waals surface area contributed by atoms with E-state index in [4.69, 9.17) is 5.26 Å². The van der Waals surface area contributed by atoms with Gasteiger partial charge in [-0.1, -0.05) is 6.92 Å². The molecule has 0 aromatic carbocycles. The first-order chi connectivity index (χ1) is 8.56. The van der Waals surface area contributed by atoms with E-state index in [0.29, 0.717) is 12.1 Å². The second-order valence-electron chi connectivity index (χ2n) is 5.65. The quantitative estimate of drug-likeness (QED) is 0.741. The highest BCUT2D eigenvalue weighted by atomic mass is 15.2. The Bertz CT molecular complexity index is 271. The summed E-state index contributed by atoms with van der Waals surface area (Å²) in [6.45, 7) is 10.7. The van der Waals surface area contributed by atoms with Crippen molar-refractivity contribution in [2.45, 2.75) is 51.7 Å². The molecule has 2 atom stereocenters. The molecule has 1 N–H and O–H groups in total. The summed E-state index contributed by atoms with van der Waals surface area (Å²) >= 11 is 0. The van der Waals surface area contributed by atoms with Crippen molar-refractivity contribution in [3.63, 3.8) is 0 Å². The Balaban J connectivity index is 2.36. The van der Waals surface area contributed by atoms with Gasteiger partial charge in [0.15, 0.2) is 0 Å². The lowest BCUT2D eigenvalue weighted by Crippen LogP contribution is -2.45. The van der Waals surface area contributed by atoms with Gasteiger partial charge in [-0.3, -0.25) is 10.2 Å². The maximum absolute atomic E-state index is 9.13. The topological polar surface area (TPSA) is 42.3 Å². The minimum atomic E-state index is -0.0634. The van der Waals surface area contributed by atoms with Gasteiger partial charge in [0.2, 0.25) is 0 Å². The van der Waals surface area contributed by atoms with E-state index >= 15 is 0 Å². The van der Waals surface area contributed by atoms with E-state index in [0.717, 1.165) is 19.6 Å². The summed E-state index contributed by atoms with van der Waals surface area (Å²) in [5, 5.41) is 12.4. The van der Waals surface area contributed by atoms with Crippen LogP contribution in [-0.4, -0.2) is 61.2 Å². The average Bonchev–Trinajstić information content (AvgIpc) is 2.74. The number of hydrogen-bond acceptors (Lipinski definition) is 4. The predicted octanol–water partition coefficient (Wildman–Crippen LogP) is 1.29. The van der Waals surface area contributed by atoms with Crippen molar-refractivity contribution in [1.29, 1.82) is 5.26 Å². The molecule has 2 unspecified atom stereocenters. The van der Waals surface area contributed by atoms with E-state index in [-0.39, 0.29) is 6.04 Å². The fourth-order valence-electron chi connectivity index (χ4n) is 2.80. The fraction of sp³-hybridized carbons (Fsp3) is 0.929. The first-order valence-corrected chi connectivity index (χ1v) is 7.15. The van der Waals surface area contributed by atoms with Crippen LogP contribution in [0.2, 0.25) is 0 Å². The van der Waals surface area contributed by atoms with Crippen LogP contribution in [-0.2, 0) is 0 Å². The third kappa shape index (κ3) is 4.93. The normalized spacial score (nSPS) is 22.6. The van der Waals surface area contributed by atoms with Gasteiger partial charge in [0.05, 0.1) is 6.07 Å². The molecule has 1 aliphatic rings. The number of likely N-dealkylation sites (N-methyl/N-ethyl adjacent to an activating group) is 2. The standard InChI is InChI=1S/C14H28N4/c1-5-18-8-6-7-14(18)11-17(4)10-13(9-15)16-12(2)3/h12-14,16H,5-8,10-11H2,1-4H3. The van der Waals surface area contributed by atoms with Crippen LogP contribution in [0.15, 0.2) is 0 Å². The maximum atomic E-state index is 9.13. The monoisotopic (exact) mass is 252 g/mol. The Hall–Kier alpha value is -0.630. The molecule has 0 amide bonds. The predicted molar refractivity (Wildman–Crippen MR) is 75.4 cm³/mol. The molecule has 1 heterocycles. The molecule has 104 valence electrons. The molecule has 0 aliphatic carbocycles. The van der Waals surface area contributed by atoms with Crippen LogP contribution >= 0.6 is 0 Å². The Morgan fingerprint density at radius 2 is 2.22 bits per heavy atom. The van der Waals surface area contributed by atoms with Crippen LogP contribution in [0.3, 0.4) is 0 Å². The van der Waals surface area contributed by atoms with Gasteiger partial charge in [-0.05, 0) is 46.8 Å². The van der Waals surface area contributed by atoms with Crippen LogP contribution in [0.1, 0.15) is 33.6 Å². The summed E-state index contributed by atoms with van der Waals surface area (Å²) in [7, 11) is 2.12. The maximum Gasteiger partial charge on any atom is 0.108 e. The Kier molecular flexibility index (Phi) is 6.62. The van der Waals surface area contributed by atoms with Crippen LogP contribution in [0.25, 0.3) is 0 Å². The Labute approximate surface area is 112 Å². The van der Waals surface area contributed by atoms with Gasteiger partial charge >= 0.3 is 0 Å². The molecular formula is C14H28N4. The first kappa shape index (κ1) is 15.4. The van der Waals surface area contributed by atoms with Crippen molar-refractivity contribution in [3.05, 3.63) is 0 Å². The summed E-state index contributed by atoms with van der Waals surface area (Å²) in [6.07, 6.45) is 2.62. The van der Waals surface area contributed by atoms with Gasteiger partial charge in [-0.15, -0.1) is 0 Å². The van der Waals surface area contributed by atoms with Crippen LogP contribution < -0.4 is 5.32 Å². The van der Waals surface area contributed by atoms with Gasteiger partial charge in [-0.25, -0.2) is 0 Å². The fourth-order valence-corrected chi connectivity index (χ4v) is 2.80. The van der Waals surface area contributed by atoms with Crippen molar-refractivity contribution in [2.24, 2.45) is 0 Å². The van der Waals surface area contributed by atoms with Crippen LogP contribution in [0.4, 0.5) is 0 Å². The van der Waals surface area contributed by atoms with Gasteiger partial charge in [0.25, 0.3) is 0 Å². The van der Waals surface area contributed by atoms with Crippen molar-refractivity contribution >= 4 is 0 Å². The number of nitriles is 1. The zero-order chi connectivity index (χ0) is 13.5. The van der Waals surface area contributed by atoms with E-state index in [1.807, 2.05) is 0 Å². The van der Waals surface area contributed by atoms with Crippen LogP contribution in [0.5, 0.6) is 0 Å². The summed E-state index contributed by atoms with van der Waals surface area (Å²) in [5.74, 6) is 0. The van der Waals surface area contributed by atoms with E-state index in [9.17, 15) is 0 Å². The summed E-state index contributed by atoms with van der Waals surface area (Å²) in [5.41, 5.74) is 0. The van der Waals surface area contributed by atoms with Crippen molar-refractivity contribution in [3.8, 4) is 6.07 Å². The number of nitrogens with one attached hydrogen (secondary N) is 1. The molecule has 0 saturated carbocycles. The molecule has 0 bridgehead atoms. The summed E-state index contributed by atoms with van der Waals surface area (Å²) in [4.78, 5) is 4.84. The summed E-state index contributed by atoms with van der Waals surface area (Å²) in [6, 6.07) is 3.33. The number of hydrogen-bond donors (Lipinski definition) is 1. The molecule has 0 aromatic rings. The first-order valence-electron chi connectivity index (χ1n) is 7.15. The Morgan fingerprint density at radius 3 is 2.78 bits per heavy atom. The zero-order valence-corrected chi connectivity index (χ0v) is 12.3. The van der Waals surface area contributed by atoms with E-state index < -0.39 is 0 Å². The van der Waals surface area contributed by atoms with Crippen molar-refractivity contribution in [2.75, 3.05) is 33.2 Å². The van der Waals surface area contributed by atoms with Crippen LogP contribution in [0, 0.1) is 11.3 Å². The minimum Gasteiger partial charge on any atom is -0.302 e. The molecule has 0 aromatic heterocycles. The molecule has 1 rings (SSSR count). The highest BCUT2D eigenvalue weighted by Crippen LogP contribution is 2.17. The second kappa shape index (κ2) is 7.73. The van der Waals surface area contributed by atoms with Crippen molar-refractivity contribution < 1.29 is 0 Å². The lowest BCUT2D eigenvalue weighted by Gasteiger charge is -2.29. The summed E-state index contributed by atoms with van der Waals surface area (Å²) < 4.78 is 0. The van der Waals surface area contributed by atoms with E-state index in [2.05, 4.69) is 49.0 Å². The molecule has 4 nitrogen and oxygen atoms in total. The highest BCUT2D eigenvalue weighted by Gasteiger charge is 2.24. The van der Waals surface area contributed by atoms with Crippen molar-refractivity contribution in [1.82, 2.24) is 15.1 Å². The third-order valence-corrected chi connectivity index (χ3v) is 3.61. The highest BCUT2D eigenvalue weighted by molar-refractivity contribution is 4.93. The lowest BCUT2D eigenvalue weighted by molar-refractivity contribution is 0.192. The lowest BCUT2D eigenvalue weighted by atomic mass is 10.2. The van der Waals surface area contributed by atoms with E-state index in [1.165, 1.54) is 19.4 Å². The molecule has 0 radical (unpaired) electrons. The zero-order valence-electron chi connectivity index (χ0n) is 12.3. The molecular weight excluding hydrogens is 224 g/mol. The minimum absolute atomic E-state index is 0.0634. The molecule has 0 spiro atoms. The molecule has 18 heavy (non-hydrogen) atoms. The number of nitrogens with zero attached hydrogens (tertiary/aromatic N) is 3. The molecule has 1 aliphatic heterocycles. The third-order valence-electron chi connectivity index (χ3n) is 3.61. The molecule has 4 heteroatoms.